The van der Waals surface area contributed by atoms with Gasteiger partial charge in [0.1, 0.15) is 0 Å². The van der Waals surface area contributed by atoms with Crippen LogP contribution in [0.2, 0.25) is 0 Å². The number of nitrogens with two attached hydrogens (primary N) is 1. The van der Waals surface area contributed by atoms with Crippen LogP contribution < -0.4 is 11.1 Å². The Morgan fingerprint density at radius 3 is 2.32 bits per heavy atom. The van der Waals surface area contributed by atoms with Gasteiger partial charge in [-0.1, -0.05) is 30.3 Å². The number of rotatable bonds is 4. The molecule has 3 rings (SSSR count). The Balaban J connectivity index is 0.00000121. The van der Waals surface area contributed by atoms with Gasteiger partial charge in [-0.15, -0.1) is 24.8 Å². The molecule has 22 heavy (non-hydrogen) atoms. The highest BCUT2D eigenvalue weighted by Crippen LogP contribution is 2.35. The lowest BCUT2D eigenvalue weighted by atomic mass is 9.93. The average molecular weight is 346 g/mol. The first-order valence-electron chi connectivity index (χ1n) is 7.51. The maximum Gasteiger partial charge on any atom is 0.234 e. The van der Waals surface area contributed by atoms with Crippen LogP contribution in [0.1, 0.15) is 18.4 Å². The third kappa shape index (κ3) is 4.59. The number of hydrogen-bond donors (Lipinski definition) is 2. The van der Waals surface area contributed by atoms with Gasteiger partial charge in [0.15, 0.2) is 0 Å². The van der Waals surface area contributed by atoms with Crippen molar-refractivity contribution >= 4 is 30.7 Å². The maximum atomic E-state index is 12.0. The summed E-state index contributed by atoms with van der Waals surface area (Å²) >= 11 is 0. The van der Waals surface area contributed by atoms with E-state index < -0.39 is 0 Å². The van der Waals surface area contributed by atoms with Crippen molar-refractivity contribution in [1.82, 2.24) is 10.2 Å². The molecular formula is C16H25Cl2N3O. The van der Waals surface area contributed by atoms with Gasteiger partial charge in [0.05, 0.1) is 6.54 Å². The Bertz CT molecular complexity index is 458. The van der Waals surface area contributed by atoms with Gasteiger partial charge in [-0.05, 0) is 30.2 Å². The number of piperidine rings is 1. The molecule has 1 unspecified atom stereocenters. The van der Waals surface area contributed by atoms with Crippen molar-refractivity contribution in [1.29, 1.82) is 0 Å². The smallest absolute Gasteiger partial charge is 0.234 e. The van der Waals surface area contributed by atoms with Crippen LogP contribution in [0.5, 0.6) is 0 Å². The molecule has 0 spiro atoms. The Morgan fingerprint density at radius 2 is 1.73 bits per heavy atom. The molecule has 2 fully saturated rings. The highest BCUT2D eigenvalue weighted by Gasteiger charge is 2.39. The normalized spacial score (nSPS) is 26.7. The van der Waals surface area contributed by atoms with Crippen LogP contribution in [0.15, 0.2) is 30.3 Å². The summed E-state index contributed by atoms with van der Waals surface area (Å²) in [5.41, 5.74) is 7.33. The predicted octanol–water partition coefficient (Wildman–Crippen LogP) is 1.82. The Hall–Kier alpha value is -0.810. The van der Waals surface area contributed by atoms with Crippen LogP contribution in [-0.2, 0) is 11.3 Å². The zero-order valence-corrected chi connectivity index (χ0v) is 14.2. The lowest BCUT2D eigenvalue weighted by Gasteiger charge is -2.35. The van der Waals surface area contributed by atoms with Crippen LogP contribution in [0.3, 0.4) is 0 Å². The third-order valence-corrected chi connectivity index (χ3v) is 4.68. The zero-order valence-electron chi connectivity index (χ0n) is 12.6. The van der Waals surface area contributed by atoms with Crippen LogP contribution in [0.25, 0.3) is 0 Å². The lowest BCUT2D eigenvalue weighted by Crippen LogP contribution is -2.51. The molecular weight excluding hydrogens is 321 g/mol. The maximum absolute atomic E-state index is 12.0. The van der Waals surface area contributed by atoms with E-state index in [4.69, 9.17) is 5.73 Å². The minimum Gasteiger partial charge on any atom is -0.351 e. The minimum atomic E-state index is 0. The first kappa shape index (κ1) is 19.2. The molecule has 2 aliphatic rings. The SMILES string of the molecule is Cl.Cl.NC1[C@@H]2CC[C@H]1CN(CC(=O)NCc1ccccc1)C2. The second-order valence-electron chi connectivity index (χ2n) is 6.13. The van der Waals surface area contributed by atoms with Gasteiger partial charge in [0, 0.05) is 25.7 Å². The van der Waals surface area contributed by atoms with E-state index >= 15 is 0 Å². The molecule has 1 saturated carbocycles. The molecule has 2 bridgehead atoms. The molecule has 1 aliphatic carbocycles. The molecule has 6 heteroatoms. The van der Waals surface area contributed by atoms with Crippen LogP contribution in [0, 0.1) is 11.8 Å². The van der Waals surface area contributed by atoms with Crippen molar-refractivity contribution in [2.75, 3.05) is 19.6 Å². The Kier molecular flexibility index (Phi) is 7.63. The largest absolute Gasteiger partial charge is 0.351 e. The predicted molar refractivity (Wildman–Crippen MR) is 93.4 cm³/mol. The number of benzene rings is 1. The second-order valence-corrected chi connectivity index (χ2v) is 6.13. The lowest BCUT2D eigenvalue weighted by molar-refractivity contribution is -0.123. The number of nitrogens with one attached hydrogen (secondary N) is 1. The van der Waals surface area contributed by atoms with Crippen molar-refractivity contribution < 1.29 is 4.79 Å². The summed E-state index contributed by atoms with van der Waals surface area (Å²) in [4.78, 5) is 14.3. The first-order valence-corrected chi connectivity index (χ1v) is 7.51. The molecule has 3 atom stereocenters. The molecule has 4 nitrogen and oxygen atoms in total. The number of halogens is 2. The van der Waals surface area contributed by atoms with Crippen molar-refractivity contribution in [2.45, 2.75) is 25.4 Å². The number of nitrogens with zero attached hydrogens (tertiary/aromatic N) is 1. The van der Waals surface area contributed by atoms with E-state index in [0.29, 0.717) is 31.0 Å². The van der Waals surface area contributed by atoms with Gasteiger partial charge in [-0.3, -0.25) is 9.69 Å². The highest BCUT2D eigenvalue weighted by atomic mass is 35.5. The Morgan fingerprint density at radius 1 is 1.14 bits per heavy atom. The molecule has 0 radical (unpaired) electrons. The molecule has 0 aromatic heterocycles. The number of carbonyl (C=O) groups is 1. The Labute approximate surface area is 144 Å². The van der Waals surface area contributed by atoms with Crippen LogP contribution in [0.4, 0.5) is 0 Å². The van der Waals surface area contributed by atoms with E-state index in [0.717, 1.165) is 18.7 Å². The summed E-state index contributed by atoms with van der Waals surface area (Å²) in [7, 11) is 0. The summed E-state index contributed by atoms with van der Waals surface area (Å²) in [6.07, 6.45) is 2.46. The molecule has 3 N–H and O–H groups in total. The fourth-order valence-corrected chi connectivity index (χ4v) is 3.55. The van der Waals surface area contributed by atoms with Crippen molar-refractivity contribution in [2.24, 2.45) is 17.6 Å². The van der Waals surface area contributed by atoms with E-state index in [2.05, 4.69) is 10.2 Å². The average Bonchev–Trinajstić information content (AvgIpc) is 2.68. The van der Waals surface area contributed by atoms with E-state index in [1.807, 2.05) is 30.3 Å². The summed E-state index contributed by atoms with van der Waals surface area (Å²) in [5.74, 6) is 1.30. The molecule has 1 aromatic carbocycles. The van der Waals surface area contributed by atoms with Crippen molar-refractivity contribution in [3.8, 4) is 0 Å². The molecule has 1 aromatic rings. The van der Waals surface area contributed by atoms with Gasteiger partial charge >= 0.3 is 0 Å². The zero-order chi connectivity index (χ0) is 13.9. The highest BCUT2D eigenvalue weighted by molar-refractivity contribution is 5.85. The monoisotopic (exact) mass is 345 g/mol. The number of hydrogen-bond acceptors (Lipinski definition) is 3. The van der Waals surface area contributed by atoms with E-state index in [1.165, 1.54) is 12.8 Å². The van der Waals surface area contributed by atoms with Crippen molar-refractivity contribution in [3.05, 3.63) is 35.9 Å². The van der Waals surface area contributed by atoms with Gasteiger partial charge in [-0.2, -0.15) is 0 Å². The number of fused-ring (bicyclic) bond motifs is 2. The van der Waals surface area contributed by atoms with Gasteiger partial charge in [0.25, 0.3) is 0 Å². The fourth-order valence-electron chi connectivity index (χ4n) is 3.55. The summed E-state index contributed by atoms with van der Waals surface area (Å²) < 4.78 is 0. The summed E-state index contributed by atoms with van der Waals surface area (Å²) in [5, 5.41) is 3.00. The standard InChI is InChI=1S/C16H23N3O.2ClH/c17-16-13-6-7-14(16)10-19(9-13)11-15(20)18-8-12-4-2-1-3-5-12;;/h1-5,13-14,16H,6-11,17H2,(H,18,20);2*1H/t13-,14+,16?;;. The fraction of sp³-hybridized carbons (Fsp3) is 0.562. The van der Waals surface area contributed by atoms with Gasteiger partial charge < -0.3 is 11.1 Å². The number of likely N-dealkylation sites (tertiary alicyclic amines) is 1. The molecule has 1 saturated heterocycles. The van der Waals surface area contributed by atoms with Gasteiger partial charge in [0.2, 0.25) is 5.91 Å². The molecule has 1 aliphatic heterocycles. The number of amides is 1. The summed E-state index contributed by atoms with van der Waals surface area (Å²) in [6.45, 7) is 3.08. The van der Waals surface area contributed by atoms with E-state index in [1.54, 1.807) is 0 Å². The topological polar surface area (TPSA) is 58.4 Å². The first-order chi connectivity index (χ1) is 9.72. The number of carbonyl (C=O) groups excluding carboxylic acids is 1. The molecule has 1 amide bonds. The van der Waals surface area contributed by atoms with E-state index in [-0.39, 0.29) is 30.7 Å². The quantitative estimate of drug-likeness (QED) is 0.874. The van der Waals surface area contributed by atoms with Crippen LogP contribution >= 0.6 is 24.8 Å². The van der Waals surface area contributed by atoms with Gasteiger partial charge in [-0.25, -0.2) is 0 Å². The third-order valence-electron chi connectivity index (χ3n) is 4.68. The van der Waals surface area contributed by atoms with E-state index in [9.17, 15) is 4.79 Å². The molecule has 1 heterocycles. The second kappa shape index (κ2) is 8.73. The van der Waals surface area contributed by atoms with Crippen LogP contribution in [-0.4, -0.2) is 36.5 Å². The molecule has 124 valence electrons. The summed E-state index contributed by atoms with van der Waals surface area (Å²) in [6, 6.07) is 10.4. The minimum absolute atomic E-state index is 0. The van der Waals surface area contributed by atoms with Crippen molar-refractivity contribution in [3.63, 3.8) is 0 Å².